The van der Waals surface area contributed by atoms with E-state index in [1.807, 2.05) is 19.9 Å². The minimum absolute atomic E-state index is 0.620. The van der Waals surface area contributed by atoms with Gasteiger partial charge in [0.2, 0.25) is 0 Å². The Labute approximate surface area is 61.0 Å². The second kappa shape index (κ2) is 3.76. The third-order valence-corrected chi connectivity index (χ3v) is 1.43. The van der Waals surface area contributed by atoms with Crippen LogP contribution in [0.5, 0.6) is 0 Å². The zero-order chi connectivity index (χ0) is 7.44. The third kappa shape index (κ3) is 2.74. The molecule has 0 unspecified atom stereocenters. The molecule has 0 bridgehead atoms. The largest absolute Gasteiger partial charge is 0.646 e. The molecule has 0 aromatic heterocycles. The van der Waals surface area contributed by atoms with E-state index < -0.39 is 0 Å². The second-order valence-corrected chi connectivity index (χ2v) is 2.03. The van der Waals surface area contributed by atoms with E-state index in [-0.39, 0.29) is 0 Å². The molecule has 0 aliphatic carbocycles. The van der Waals surface area contributed by atoms with Crippen LogP contribution in [-0.2, 0) is 12.8 Å². The van der Waals surface area contributed by atoms with Crippen LogP contribution in [0.1, 0.15) is 13.8 Å². The Morgan fingerprint density at radius 3 is 2.22 bits per heavy atom. The van der Waals surface area contributed by atoms with Gasteiger partial charge in [0.1, 0.15) is 0 Å². The summed E-state index contributed by atoms with van der Waals surface area (Å²) in [7, 11) is 1.68. The molecule has 1 N–H and O–H groups in total. The molecule has 0 atom stereocenters. The lowest BCUT2D eigenvalue weighted by molar-refractivity contribution is -0.123. The van der Waals surface area contributed by atoms with E-state index in [0.717, 1.165) is 5.70 Å². The quantitative estimate of drug-likeness (QED) is 0.464. The van der Waals surface area contributed by atoms with Crippen LogP contribution in [0.4, 0.5) is 0 Å². The normalized spacial score (nSPS) is 12.4. The van der Waals surface area contributed by atoms with E-state index in [1.165, 1.54) is 5.01 Å². The monoisotopic (exact) mass is 147 g/mol. The van der Waals surface area contributed by atoms with Gasteiger partial charge in [0.05, 0.1) is 0 Å². The van der Waals surface area contributed by atoms with Gasteiger partial charge in [0.15, 0.2) is 0 Å². The molecule has 0 rings (SSSR count). The standard InChI is InChI=1S/C5H11N2OS/c1-4-5(2)6(3)7(8)9/h4,8H,1-3H3/q-1/b5-4+. The van der Waals surface area contributed by atoms with Crippen molar-refractivity contribution in [2.75, 3.05) is 7.05 Å². The van der Waals surface area contributed by atoms with Crippen molar-refractivity contribution in [3.63, 3.8) is 0 Å². The summed E-state index contributed by atoms with van der Waals surface area (Å²) in [4.78, 5) is 0. The zero-order valence-electron chi connectivity index (χ0n) is 5.83. The first-order valence-corrected chi connectivity index (χ1v) is 2.98. The van der Waals surface area contributed by atoms with Crippen molar-refractivity contribution in [2.45, 2.75) is 13.8 Å². The van der Waals surface area contributed by atoms with Crippen molar-refractivity contribution >= 4 is 12.8 Å². The van der Waals surface area contributed by atoms with E-state index in [4.69, 9.17) is 5.21 Å². The zero-order valence-corrected chi connectivity index (χ0v) is 6.64. The maximum absolute atomic E-state index is 8.66. The molecule has 0 radical (unpaired) electrons. The van der Waals surface area contributed by atoms with Crippen molar-refractivity contribution in [3.05, 3.63) is 11.8 Å². The smallest absolute Gasteiger partial charge is 0.0232 e. The maximum Gasteiger partial charge on any atom is 0.0232 e. The van der Waals surface area contributed by atoms with Crippen molar-refractivity contribution in [1.29, 1.82) is 0 Å². The van der Waals surface area contributed by atoms with Gasteiger partial charge in [-0.3, -0.25) is 0 Å². The lowest BCUT2D eigenvalue weighted by atomic mass is 10.4. The number of hydrogen-bond donors (Lipinski definition) is 1. The summed E-state index contributed by atoms with van der Waals surface area (Å²) in [5, 5.41) is 10.1. The SMILES string of the molecule is C/C=C(\C)N(C)N(O)[S-]. The molecular weight excluding hydrogens is 136 g/mol. The third-order valence-electron chi connectivity index (χ3n) is 1.18. The van der Waals surface area contributed by atoms with Crippen LogP contribution in [0.15, 0.2) is 11.8 Å². The van der Waals surface area contributed by atoms with E-state index in [2.05, 4.69) is 12.8 Å². The first kappa shape index (κ1) is 8.81. The number of rotatable bonds is 2. The molecule has 0 aliphatic heterocycles. The average Bonchev–Trinajstić information content (AvgIpc) is 1.84. The highest BCUT2D eigenvalue weighted by Gasteiger charge is 1.93. The Morgan fingerprint density at radius 1 is 1.67 bits per heavy atom. The molecule has 0 spiro atoms. The molecule has 4 heteroatoms. The summed E-state index contributed by atoms with van der Waals surface area (Å²) in [6, 6.07) is 0. The molecule has 54 valence electrons. The van der Waals surface area contributed by atoms with E-state index >= 15 is 0 Å². The van der Waals surface area contributed by atoms with Gasteiger partial charge in [-0.1, -0.05) is 6.08 Å². The van der Waals surface area contributed by atoms with Crippen molar-refractivity contribution < 1.29 is 5.21 Å². The second-order valence-electron chi connectivity index (χ2n) is 1.71. The van der Waals surface area contributed by atoms with Gasteiger partial charge in [0, 0.05) is 12.7 Å². The molecule has 9 heavy (non-hydrogen) atoms. The average molecular weight is 147 g/mol. The molecular formula is C5H11N2OS-. The summed E-state index contributed by atoms with van der Waals surface area (Å²) in [5.41, 5.74) is 0.910. The van der Waals surface area contributed by atoms with Crippen LogP contribution >= 0.6 is 0 Å². The highest BCUT2D eigenvalue weighted by atomic mass is 32.1. The summed E-state index contributed by atoms with van der Waals surface area (Å²) in [6.07, 6.45) is 1.86. The van der Waals surface area contributed by atoms with Gasteiger partial charge in [0.25, 0.3) is 0 Å². The van der Waals surface area contributed by atoms with Crippen LogP contribution in [0.2, 0.25) is 0 Å². The minimum Gasteiger partial charge on any atom is -0.646 e. The molecule has 0 fully saturated rings. The summed E-state index contributed by atoms with van der Waals surface area (Å²) in [6.45, 7) is 3.74. The molecule has 3 nitrogen and oxygen atoms in total. The summed E-state index contributed by atoms with van der Waals surface area (Å²) < 4.78 is 0.620. The molecule has 0 heterocycles. The Hall–Kier alpha value is -0.190. The van der Waals surface area contributed by atoms with Crippen LogP contribution in [0.25, 0.3) is 0 Å². The number of hydrogen-bond acceptors (Lipinski definition) is 4. The van der Waals surface area contributed by atoms with Crippen molar-refractivity contribution in [1.82, 2.24) is 9.59 Å². The highest BCUT2D eigenvalue weighted by Crippen LogP contribution is 1.99. The Bertz CT molecular complexity index is 114. The fraction of sp³-hybridized carbons (Fsp3) is 0.600. The van der Waals surface area contributed by atoms with Gasteiger partial charge >= 0.3 is 0 Å². The van der Waals surface area contributed by atoms with Gasteiger partial charge in [-0.15, -0.1) is 0 Å². The van der Waals surface area contributed by atoms with Crippen LogP contribution in [-0.4, -0.2) is 21.8 Å². The fourth-order valence-corrected chi connectivity index (χ4v) is 0.451. The number of nitrogens with zero attached hydrogens (tertiary/aromatic N) is 2. The van der Waals surface area contributed by atoms with Gasteiger partial charge in [-0.2, -0.15) is 0 Å². The van der Waals surface area contributed by atoms with Gasteiger partial charge < -0.3 is 23.0 Å². The molecule has 0 saturated carbocycles. The molecule has 0 aromatic rings. The first-order valence-electron chi connectivity index (χ1n) is 2.62. The lowest BCUT2D eigenvalue weighted by Gasteiger charge is -2.33. The predicted molar refractivity (Wildman–Crippen MR) is 38.2 cm³/mol. The van der Waals surface area contributed by atoms with E-state index in [0.29, 0.717) is 4.58 Å². The fourth-order valence-electron chi connectivity index (χ4n) is 0.322. The number of allylic oxidation sites excluding steroid dienone is 2. The van der Waals surface area contributed by atoms with Crippen LogP contribution in [0, 0.1) is 0 Å². The molecule has 0 amide bonds. The minimum atomic E-state index is 0.620. The van der Waals surface area contributed by atoms with Crippen molar-refractivity contribution in [3.8, 4) is 0 Å². The number of hydrazine groups is 1. The molecule has 0 aliphatic rings. The lowest BCUT2D eigenvalue weighted by Crippen LogP contribution is -2.30. The van der Waals surface area contributed by atoms with Crippen LogP contribution < -0.4 is 0 Å². The van der Waals surface area contributed by atoms with E-state index in [9.17, 15) is 0 Å². The van der Waals surface area contributed by atoms with Crippen molar-refractivity contribution in [2.24, 2.45) is 0 Å². The molecule has 0 aromatic carbocycles. The van der Waals surface area contributed by atoms with Gasteiger partial charge in [-0.05, 0) is 13.8 Å². The molecule has 0 saturated heterocycles. The van der Waals surface area contributed by atoms with Crippen LogP contribution in [0.3, 0.4) is 0 Å². The Morgan fingerprint density at radius 2 is 2.11 bits per heavy atom. The highest BCUT2D eigenvalue weighted by molar-refractivity contribution is 7.55. The topological polar surface area (TPSA) is 26.7 Å². The van der Waals surface area contributed by atoms with Gasteiger partial charge in [-0.25, -0.2) is 4.58 Å². The van der Waals surface area contributed by atoms with E-state index in [1.54, 1.807) is 7.05 Å². The Balaban J connectivity index is 3.88. The predicted octanol–water partition coefficient (Wildman–Crippen LogP) is 0.910. The maximum atomic E-state index is 8.66. The first-order chi connectivity index (χ1) is 4.09. The summed E-state index contributed by atoms with van der Waals surface area (Å²) in [5.74, 6) is 0. The summed E-state index contributed by atoms with van der Waals surface area (Å²) >= 11 is 4.42. The Kier molecular flexibility index (Phi) is 3.68.